The number of hydrazine groups is 1. The largest absolute Gasteiger partial charge is 0.311 e. The van der Waals surface area contributed by atoms with Gasteiger partial charge in [-0.15, -0.1) is 10.2 Å². The molecule has 1 rings (SSSR count). The molecular weight excluding hydrogens is 187 g/mol. The van der Waals surface area contributed by atoms with Gasteiger partial charge >= 0.3 is 0 Å². The summed E-state index contributed by atoms with van der Waals surface area (Å²) >= 11 is 11.2. The molecule has 0 saturated carbocycles. The van der Waals surface area contributed by atoms with Crippen LogP contribution in [0.4, 0.5) is 5.69 Å². The maximum Gasteiger partial charge on any atom is 0.176 e. The summed E-state index contributed by atoms with van der Waals surface area (Å²) in [5.74, 6) is 5.41. The van der Waals surface area contributed by atoms with Crippen LogP contribution in [-0.2, 0) is 0 Å². The Morgan fingerprint density at radius 1 is 1.45 bits per heavy atom. The molecule has 1 aromatic rings. The van der Waals surface area contributed by atoms with E-state index in [0.29, 0.717) is 5.69 Å². The minimum Gasteiger partial charge on any atom is -0.311 e. The molecule has 0 aliphatic heterocycles. The van der Waals surface area contributed by atoms with Gasteiger partial charge in [0.25, 0.3) is 0 Å². The van der Waals surface area contributed by atoms with E-state index in [1.54, 1.807) is 7.05 Å². The molecule has 0 aliphatic carbocycles. The van der Waals surface area contributed by atoms with Gasteiger partial charge in [-0.3, -0.25) is 0 Å². The number of nitrogens with two attached hydrogens (primary N) is 1. The first-order valence-electron chi connectivity index (χ1n) is 2.78. The number of rotatable bonds is 1. The summed E-state index contributed by atoms with van der Waals surface area (Å²) in [5, 5.41) is 8.91. The van der Waals surface area contributed by atoms with Crippen LogP contribution in [0.15, 0.2) is 6.07 Å². The van der Waals surface area contributed by atoms with Crippen molar-refractivity contribution in [3.8, 4) is 0 Å². The van der Waals surface area contributed by atoms with Crippen molar-refractivity contribution in [2.45, 2.75) is 0 Å². The van der Waals surface area contributed by atoms with Crippen LogP contribution in [0.3, 0.4) is 0 Å². The molecule has 0 aromatic carbocycles. The molecule has 0 bridgehead atoms. The Morgan fingerprint density at radius 3 is 2.55 bits per heavy atom. The number of hydrogen-bond donors (Lipinski definition) is 1. The van der Waals surface area contributed by atoms with E-state index >= 15 is 0 Å². The smallest absolute Gasteiger partial charge is 0.176 e. The molecule has 6 heteroatoms. The Hall–Kier alpha value is -0.580. The molecule has 0 saturated heterocycles. The maximum absolute atomic E-state index is 5.64. The van der Waals surface area contributed by atoms with Crippen molar-refractivity contribution < 1.29 is 0 Å². The van der Waals surface area contributed by atoms with Gasteiger partial charge < -0.3 is 5.01 Å². The number of nitrogens with zero attached hydrogens (tertiary/aromatic N) is 3. The molecule has 0 radical (unpaired) electrons. The zero-order valence-electron chi connectivity index (χ0n) is 5.75. The topological polar surface area (TPSA) is 55.0 Å². The highest BCUT2D eigenvalue weighted by Gasteiger charge is 2.05. The van der Waals surface area contributed by atoms with Gasteiger partial charge in [0.1, 0.15) is 0 Å². The SMILES string of the molecule is CN(N)c1cc(Cl)nnc1Cl. The van der Waals surface area contributed by atoms with Crippen molar-refractivity contribution in [3.63, 3.8) is 0 Å². The van der Waals surface area contributed by atoms with Crippen LogP contribution in [0.2, 0.25) is 10.3 Å². The molecule has 11 heavy (non-hydrogen) atoms. The maximum atomic E-state index is 5.64. The third-order valence-electron chi connectivity index (χ3n) is 1.08. The first-order chi connectivity index (χ1) is 5.11. The third-order valence-corrected chi connectivity index (χ3v) is 1.53. The summed E-state index contributed by atoms with van der Waals surface area (Å²) in [6.07, 6.45) is 0. The molecule has 1 heterocycles. The Bertz CT molecular complexity index is 263. The number of anilines is 1. The van der Waals surface area contributed by atoms with Crippen molar-refractivity contribution in [3.05, 3.63) is 16.4 Å². The van der Waals surface area contributed by atoms with Crippen LogP contribution in [0.25, 0.3) is 0 Å². The minimum atomic E-state index is 0.236. The van der Waals surface area contributed by atoms with Crippen molar-refractivity contribution >= 4 is 28.9 Å². The number of aromatic nitrogens is 2. The Labute approximate surface area is 73.9 Å². The monoisotopic (exact) mass is 192 g/mol. The highest BCUT2D eigenvalue weighted by molar-refractivity contribution is 6.33. The fourth-order valence-corrected chi connectivity index (χ4v) is 0.958. The summed E-state index contributed by atoms with van der Waals surface area (Å²) in [5.41, 5.74) is 0.548. The quantitative estimate of drug-likeness (QED) is 0.535. The summed E-state index contributed by atoms with van der Waals surface area (Å²) in [6, 6.07) is 1.54. The average molecular weight is 193 g/mol. The molecule has 1 aromatic heterocycles. The lowest BCUT2D eigenvalue weighted by Gasteiger charge is -2.11. The Morgan fingerprint density at radius 2 is 2.09 bits per heavy atom. The van der Waals surface area contributed by atoms with Gasteiger partial charge in [0, 0.05) is 13.1 Å². The Balaban J connectivity index is 3.13. The molecule has 2 N–H and O–H groups in total. The van der Waals surface area contributed by atoms with Gasteiger partial charge in [-0.25, -0.2) is 5.84 Å². The average Bonchev–Trinajstić information content (AvgIpc) is 1.94. The molecule has 0 unspecified atom stereocenters. The zero-order valence-corrected chi connectivity index (χ0v) is 7.26. The summed E-state index contributed by atoms with van der Waals surface area (Å²) in [6.45, 7) is 0. The van der Waals surface area contributed by atoms with E-state index in [-0.39, 0.29) is 10.3 Å². The van der Waals surface area contributed by atoms with E-state index in [4.69, 9.17) is 29.0 Å². The minimum absolute atomic E-state index is 0.236. The fraction of sp³-hybridized carbons (Fsp3) is 0.200. The van der Waals surface area contributed by atoms with Crippen molar-refractivity contribution in [2.75, 3.05) is 12.1 Å². The van der Waals surface area contributed by atoms with Crippen LogP contribution in [0.1, 0.15) is 0 Å². The van der Waals surface area contributed by atoms with Crippen LogP contribution < -0.4 is 10.9 Å². The molecule has 4 nitrogen and oxygen atoms in total. The van der Waals surface area contributed by atoms with Crippen molar-refractivity contribution in [1.29, 1.82) is 0 Å². The van der Waals surface area contributed by atoms with Crippen LogP contribution >= 0.6 is 23.2 Å². The highest BCUT2D eigenvalue weighted by atomic mass is 35.5. The zero-order chi connectivity index (χ0) is 8.43. The standard InChI is InChI=1S/C5H6Cl2N4/c1-11(8)3-2-4(6)9-10-5(3)7/h2H,8H2,1H3. The van der Waals surface area contributed by atoms with Crippen LogP contribution in [-0.4, -0.2) is 17.2 Å². The fourth-order valence-electron chi connectivity index (χ4n) is 0.591. The van der Waals surface area contributed by atoms with Crippen LogP contribution in [0.5, 0.6) is 0 Å². The van der Waals surface area contributed by atoms with Crippen molar-refractivity contribution in [1.82, 2.24) is 10.2 Å². The van der Waals surface area contributed by atoms with E-state index in [1.807, 2.05) is 0 Å². The van der Waals surface area contributed by atoms with E-state index in [2.05, 4.69) is 10.2 Å². The molecular formula is C5H6Cl2N4. The molecule has 0 atom stereocenters. The third kappa shape index (κ3) is 1.92. The molecule has 0 amide bonds. The van der Waals surface area contributed by atoms with Crippen LogP contribution in [0, 0.1) is 0 Å². The first-order valence-corrected chi connectivity index (χ1v) is 3.54. The normalized spacial score (nSPS) is 9.82. The van der Waals surface area contributed by atoms with Gasteiger partial charge in [0.05, 0.1) is 5.69 Å². The van der Waals surface area contributed by atoms with Gasteiger partial charge in [-0.1, -0.05) is 23.2 Å². The molecule has 0 spiro atoms. The number of hydrogen-bond acceptors (Lipinski definition) is 4. The van der Waals surface area contributed by atoms with Gasteiger partial charge in [-0.05, 0) is 0 Å². The summed E-state index contributed by atoms with van der Waals surface area (Å²) < 4.78 is 0. The second-order valence-corrected chi connectivity index (χ2v) is 2.70. The highest BCUT2D eigenvalue weighted by Crippen LogP contribution is 2.21. The van der Waals surface area contributed by atoms with Crippen molar-refractivity contribution in [2.24, 2.45) is 5.84 Å². The Kier molecular flexibility index (Phi) is 2.49. The van der Waals surface area contributed by atoms with E-state index in [9.17, 15) is 0 Å². The summed E-state index contributed by atoms with van der Waals surface area (Å²) in [4.78, 5) is 0. The second-order valence-electron chi connectivity index (χ2n) is 1.95. The second kappa shape index (κ2) is 3.21. The van der Waals surface area contributed by atoms with E-state index in [0.717, 1.165) is 0 Å². The molecule has 0 fully saturated rings. The van der Waals surface area contributed by atoms with Gasteiger partial charge in [-0.2, -0.15) is 0 Å². The predicted octanol–water partition coefficient (Wildman–Crippen LogP) is 1.09. The lowest BCUT2D eigenvalue weighted by Crippen LogP contribution is -2.25. The summed E-state index contributed by atoms with van der Waals surface area (Å²) in [7, 11) is 1.64. The predicted molar refractivity (Wildman–Crippen MR) is 44.6 cm³/mol. The number of halogens is 2. The van der Waals surface area contributed by atoms with Gasteiger partial charge in [0.15, 0.2) is 10.3 Å². The lowest BCUT2D eigenvalue weighted by molar-refractivity contribution is 0.965. The first kappa shape index (κ1) is 8.52. The van der Waals surface area contributed by atoms with Gasteiger partial charge in [0.2, 0.25) is 0 Å². The lowest BCUT2D eigenvalue weighted by atomic mass is 10.5. The molecule has 60 valence electrons. The van der Waals surface area contributed by atoms with E-state index in [1.165, 1.54) is 11.1 Å². The van der Waals surface area contributed by atoms with E-state index < -0.39 is 0 Å². The molecule has 0 aliphatic rings.